The first-order valence-electron chi connectivity index (χ1n) is 3.58. The number of nitrogens with zero attached hydrogens (tertiary/aromatic N) is 1. The number of hydrogen-bond donors (Lipinski definition) is 0. The Kier molecular flexibility index (Phi) is 3.95. The third-order valence-corrected chi connectivity index (χ3v) is 2.58. The fraction of sp³-hybridized carbons (Fsp3) is 0.250. The van der Waals surface area contributed by atoms with Gasteiger partial charge in [-0.3, -0.25) is 9.78 Å². The zero-order valence-electron chi connectivity index (χ0n) is 6.81. The van der Waals surface area contributed by atoms with Crippen molar-refractivity contribution in [2.45, 2.75) is 11.8 Å². The predicted molar refractivity (Wildman–Crippen MR) is 52.2 cm³/mol. The summed E-state index contributed by atoms with van der Waals surface area (Å²) in [4.78, 5) is 14.2. The van der Waals surface area contributed by atoms with Crippen molar-refractivity contribution in [3.63, 3.8) is 0 Å². The van der Waals surface area contributed by atoms with Gasteiger partial charge in [0, 0.05) is 17.1 Å². The average Bonchev–Trinajstić information content (AvgIpc) is 2.16. The maximum Gasteiger partial charge on any atom is 0.266 e. The fourth-order valence-electron chi connectivity index (χ4n) is 0.965. The summed E-state index contributed by atoms with van der Waals surface area (Å²) in [7, 11) is 0. The van der Waals surface area contributed by atoms with Crippen LogP contribution in [0.5, 0.6) is 0 Å². The average molecular weight is 284 g/mol. The van der Waals surface area contributed by atoms with E-state index in [1.165, 1.54) is 0 Å². The molecule has 76 valence electrons. The Hall–Kier alpha value is -0.550. The largest absolute Gasteiger partial charge is 0.298 e. The molecule has 1 aromatic rings. The number of carbonyl (C=O) groups excluding carboxylic acids is 1. The van der Waals surface area contributed by atoms with Crippen molar-refractivity contribution >= 4 is 33.8 Å². The lowest BCUT2D eigenvalue weighted by molar-refractivity contribution is 0.110. The maximum absolute atomic E-state index is 12.5. The van der Waals surface area contributed by atoms with Crippen molar-refractivity contribution in [3.8, 4) is 0 Å². The van der Waals surface area contributed by atoms with Crippen LogP contribution in [0.2, 0.25) is 5.02 Å². The summed E-state index contributed by atoms with van der Waals surface area (Å²) < 4.78 is 25.0. The summed E-state index contributed by atoms with van der Waals surface area (Å²) >= 11 is 8.71. The van der Waals surface area contributed by atoms with Crippen molar-refractivity contribution in [3.05, 3.63) is 28.0 Å². The number of rotatable bonds is 3. The Labute approximate surface area is 92.4 Å². The maximum atomic E-state index is 12.5. The van der Waals surface area contributed by atoms with E-state index in [4.69, 9.17) is 11.6 Å². The van der Waals surface area contributed by atoms with Crippen molar-refractivity contribution in [1.82, 2.24) is 4.98 Å². The molecule has 0 aliphatic heterocycles. The van der Waals surface area contributed by atoms with Gasteiger partial charge in [0.05, 0.1) is 16.3 Å². The Morgan fingerprint density at radius 1 is 1.64 bits per heavy atom. The zero-order chi connectivity index (χ0) is 10.7. The Morgan fingerprint density at radius 2 is 2.29 bits per heavy atom. The molecule has 0 atom stereocenters. The highest BCUT2D eigenvalue weighted by molar-refractivity contribution is 9.08. The molecule has 6 heteroatoms. The smallest absolute Gasteiger partial charge is 0.266 e. The van der Waals surface area contributed by atoms with Crippen molar-refractivity contribution < 1.29 is 13.6 Å². The van der Waals surface area contributed by atoms with Crippen LogP contribution in [0.1, 0.15) is 28.0 Å². The first-order chi connectivity index (χ1) is 6.61. The fourth-order valence-corrected chi connectivity index (χ4v) is 1.86. The molecule has 0 unspecified atom stereocenters. The molecule has 0 radical (unpaired) electrons. The topological polar surface area (TPSA) is 30.0 Å². The molecule has 1 heterocycles. The van der Waals surface area contributed by atoms with Gasteiger partial charge in [-0.1, -0.05) is 27.5 Å². The van der Waals surface area contributed by atoms with E-state index in [0.29, 0.717) is 12.0 Å². The van der Waals surface area contributed by atoms with Crippen LogP contribution in [0, 0.1) is 0 Å². The summed E-state index contributed by atoms with van der Waals surface area (Å²) in [5, 5.41) is 0.117. The van der Waals surface area contributed by atoms with Crippen LogP contribution >= 0.6 is 27.5 Å². The normalized spacial score (nSPS) is 10.6. The van der Waals surface area contributed by atoms with E-state index >= 15 is 0 Å². The number of aromatic nitrogens is 1. The SMILES string of the molecule is O=Cc1cnc(CBr)c(Cl)c1C(F)F. The molecule has 0 aromatic carbocycles. The second kappa shape index (κ2) is 4.79. The van der Waals surface area contributed by atoms with Gasteiger partial charge in [0.15, 0.2) is 6.29 Å². The lowest BCUT2D eigenvalue weighted by Crippen LogP contribution is -2.00. The minimum atomic E-state index is -2.77. The van der Waals surface area contributed by atoms with Crippen LogP contribution in [0.15, 0.2) is 6.20 Å². The number of carbonyl (C=O) groups is 1. The molecule has 0 spiro atoms. The van der Waals surface area contributed by atoms with Gasteiger partial charge in [-0.05, 0) is 0 Å². The molecule has 1 rings (SSSR count). The molecule has 2 nitrogen and oxygen atoms in total. The summed E-state index contributed by atoms with van der Waals surface area (Å²) in [6.45, 7) is 0. The highest BCUT2D eigenvalue weighted by Gasteiger charge is 2.19. The summed E-state index contributed by atoms with van der Waals surface area (Å²) in [5.41, 5.74) is -0.326. The predicted octanol–water partition coefficient (Wildman–Crippen LogP) is 3.38. The van der Waals surface area contributed by atoms with E-state index in [0.717, 1.165) is 6.20 Å². The molecule has 0 aliphatic rings. The van der Waals surface area contributed by atoms with Gasteiger partial charge >= 0.3 is 0 Å². The van der Waals surface area contributed by atoms with Crippen LogP contribution in [0.25, 0.3) is 0 Å². The molecule has 0 fully saturated rings. The van der Waals surface area contributed by atoms with Crippen LogP contribution < -0.4 is 0 Å². The van der Waals surface area contributed by atoms with E-state index in [2.05, 4.69) is 20.9 Å². The quantitative estimate of drug-likeness (QED) is 0.629. The lowest BCUT2D eigenvalue weighted by atomic mass is 10.1. The number of aldehydes is 1. The van der Waals surface area contributed by atoms with E-state index in [9.17, 15) is 13.6 Å². The molecule has 0 N–H and O–H groups in total. The van der Waals surface area contributed by atoms with Crippen LogP contribution in [-0.2, 0) is 5.33 Å². The Balaban J connectivity index is 3.38. The van der Waals surface area contributed by atoms with E-state index < -0.39 is 12.0 Å². The van der Waals surface area contributed by atoms with Gasteiger partial charge in [0.2, 0.25) is 0 Å². The number of halogens is 4. The third kappa shape index (κ3) is 2.09. The molecule has 1 aromatic heterocycles. The first kappa shape index (κ1) is 11.5. The molecule has 0 amide bonds. The highest BCUT2D eigenvalue weighted by Crippen LogP contribution is 2.31. The van der Waals surface area contributed by atoms with E-state index in [1.54, 1.807) is 0 Å². The molecule has 0 saturated carbocycles. The van der Waals surface area contributed by atoms with Gasteiger partial charge in [-0.2, -0.15) is 0 Å². The molecular weight excluding hydrogens is 279 g/mol. The minimum Gasteiger partial charge on any atom is -0.298 e. The highest BCUT2D eigenvalue weighted by atomic mass is 79.9. The van der Waals surface area contributed by atoms with Gasteiger partial charge in [-0.15, -0.1) is 0 Å². The Morgan fingerprint density at radius 3 is 2.71 bits per heavy atom. The number of pyridine rings is 1. The van der Waals surface area contributed by atoms with Gasteiger partial charge in [0.1, 0.15) is 0 Å². The van der Waals surface area contributed by atoms with Gasteiger partial charge < -0.3 is 0 Å². The molecule has 0 aliphatic carbocycles. The zero-order valence-corrected chi connectivity index (χ0v) is 9.15. The lowest BCUT2D eigenvalue weighted by Gasteiger charge is -2.08. The van der Waals surface area contributed by atoms with Crippen LogP contribution in [-0.4, -0.2) is 11.3 Å². The second-order valence-electron chi connectivity index (χ2n) is 2.44. The number of alkyl halides is 3. The first-order valence-corrected chi connectivity index (χ1v) is 5.08. The van der Waals surface area contributed by atoms with Crippen molar-refractivity contribution in [2.75, 3.05) is 0 Å². The summed E-state index contributed by atoms with van der Waals surface area (Å²) in [6.07, 6.45) is -1.36. The van der Waals surface area contributed by atoms with Crippen molar-refractivity contribution in [2.24, 2.45) is 0 Å². The standard InChI is InChI=1S/C8H5BrClF2NO/c9-1-5-7(10)6(8(11)12)4(3-14)2-13-5/h2-3,8H,1H2. The third-order valence-electron chi connectivity index (χ3n) is 1.63. The van der Waals surface area contributed by atoms with E-state index in [-0.39, 0.29) is 15.9 Å². The van der Waals surface area contributed by atoms with Crippen LogP contribution in [0.4, 0.5) is 8.78 Å². The monoisotopic (exact) mass is 283 g/mol. The summed E-state index contributed by atoms with van der Waals surface area (Å²) in [6, 6.07) is 0. The number of hydrogen-bond acceptors (Lipinski definition) is 2. The molecule has 0 bridgehead atoms. The molecule has 14 heavy (non-hydrogen) atoms. The minimum absolute atomic E-state index is 0.151. The van der Waals surface area contributed by atoms with Crippen LogP contribution in [0.3, 0.4) is 0 Å². The Bertz CT molecular complexity index is 359. The van der Waals surface area contributed by atoms with Gasteiger partial charge in [-0.25, -0.2) is 8.78 Å². The van der Waals surface area contributed by atoms with Crippen molar-refractivity contribution in [1.29, 1.82) is 0 Å². The second-order valence-corrected chi connectivity index (χ2v) is 3.38. The van der Waals surface area contributed by atoms with Gasteiger partial charge in [0.25, 0.3) is 6.43 Å². The molecule has 0 saturated heterocycles. The summed E-state index contributed by atoms with van der Waals surface area (Å²) in [5.74, 6) is 0. The molecular formula is C8H5BrClF2NO. The van der Waals surface area contributed by atoms with E-state index in [1.807, 2.05) is 0 Å².